The summed E-state index contributed by atoms with van der Waals surface area (Å²) in [5.41, 5.74) is 2.68. The summed E-state index contributed by atoms with van der Waals surface area (Å²) < 4.78 is 16.5. The first-order chi connectivity index (χ1) is 15.2. The highest BCUT2D eigenvalue weighted by Crippen LogP contribution is 2.39. The van der Waals surface area contributed by atoms with Crippen molar-refractivity contribution in [1.29, 1.82) is 0 Å². The molecule has 2 aliphatic rings. The molecule has 1 saturated heterocycles. The maximum absolute atomic E-state index is 12.2. The number of hydrogen-bond donors (Lipinski definition) is 1. The van der Waals surface area contributed by atoms with Crippen LogP contribution in [0.25, 0.3) is 11.4 Å². The van der Waals surface area contributed by atoms with Crippen LogP contribution in [-0.2, 0) is 6.54 Å². The number of pyridine rings is 1. The minimum Gasteiger partial charge on any atom is -0.496 e. The van der Waals surface area contributed by atoms with Gasteiger partial charge in [-0.3, -0.25) is 14.7 Å². The average Bonchev–Trinajstić information content (AvgIpc) is 3.26. The van der Waals surface area contributed by atoms with E-state index in [0.717, 1.165) is 66.5 Å². The zero-order valence-corrected chi connectivity index (χ0v) is 17.3. The summed E-state index contributed by atoms with van der Waals surface area (Å²) in [4.78, 5) is 26.3. The Bertz CT molecular complexity index is 1120. The van der Waals surface area contributed by atoms with Crippen molar-refractivity contribution in [2.75, 3.05) is 27.0 Å². The number of piperidine rings is 1. The van der Waals surface area contributed by atoms with Crippen molar-refractivity contribution in [1.82, 2.24) is 19.9 Å². The molecular formula is C23H24N4O4. The third-order valence-electron chi connectivity index (χ3n) is 5.89. The van der Waals surface area contributed by atoms with Gasteiger partial charge >= 0.3 is 0 Å². The van der Waals surface area contributed by atoms with Gasteiger partial charge in [-0.1, -0.05) is 0 Å². The maximum Gasteiger partial charge on any atom is 0.251 e. The Kier molecular flexibility index (Phi) is 5.30. The second-order valence-electron chi connectivity index (χ2n) is 7.82. The van der Waals surface area contributed by atoms with Crippen LogP contribution in [0.15, 0.2) is 47.5 Å². The van der Waals surface area contributed by atoms with Crippen LogP contribution in [0.2, 0.25) is 0 Å². The smallest absolute Gasteiger partial charge is 0.251 e. The lowest BCUT2D eigenvalue weighted by molar-refractivity contribution is 0.173. The van der Waals surface area contributed by atoms with Crippen LogP contribution in [0.3, 0.4) is 0 Å². The van der Waals surface area contributed by atoms with E-state index in [4.69, 9.17) is 19.2 Å². The molecule has 160 valence electrons. The standard InChI is InChI=1S/C23H24N4O4/c1-29-19-12-21-20(30-14-31-21)10-17(19)13-27-8-4-15(5-9-27)18-11-22(28)26-23(25-18)16-2-6-24-7-3-16/h2-3,6-7,10-12,15H,4-5,8-9,13-14H2,1H3,(H,25,26,28). The van der Waals surface area contributed by atoms with Crippen molar-refractivity contribution < 1.29 is 14.2 Å². The molecule has 0 aliphatic carbocycles. The van der Waals surface area contributed by atoms with Gasteiger partial charge in [-0.25, -0.2) is 4.98 Å². The van der Waals surface area contributed by atoms with Crippen LogP contribution in [0, 0.1) is 0 Å². The first-order valence-electron chi connectivity index (χ1n) is 10.4. The predicted molar refractivity (Wildman–Crippen MR) is 114 cm³/mol. The summed E-state index contributed by atoms with van der Waals surface area (Å²) >= 11 is 0. The molecule has 3 aromatic rings. The number of likely N-dealkylation sites (tertiary alicyclic amines) is 1. The Hall–Kier alpha value is -3.39. The van der Waals surface area contributed by atoms with Gasteiger partial charge in [-0.05, 0) is 44.1 Å². The zero-order valence-electron chi connectivity index (χ0n) is 17.3. The summed E-state index contributed by atoms with van der Waals surface area (Å²) in [6.45, 7) is 2.86. The van der Waals surface area contributed by atoms with Gasteiger partial charge in [0.05, 0.1) is 12.8 Å². The van der Waals surface area contributed by atoms with Crippen molar-refractivity contribution in [3.05, 3.63) is 64.3 Å². The molecule has 0 saturated carbocycles. The molecule has 8 nitrogen and oxygen atoms in total. The normalized spacial score (nSPS) is 16.4. The van der Waals surface area contributed by atoms with E-state index in [0.29, 0.717) is 5.82 Å². The number of nitrogens with zero attached hydrogens (tertiary/aromatic N) is 3. The fourth-order valence-electron chi connectivity index (χ4n) is 4.24. The molecule has 4 heterocycles. The van der Waals surface area contributed by atoms with Crippen LogP contribution in [0.1, 0.15) is 30.0 Å². The molecule has 2 aromatic heterocycles. The SMILES string of the molecule is COc1cc2c(cc1CN1CCC(c3cc(=O)[nH]c(-c4ccncc4)n3)CC1)OCO2. The van der Waals surface area contributed by atoms with E-state index in [1.807, 2.05) is 24.3 Å². The quantitative estimate of drug-likeness (QED) is 0.679. The molecular weight excluding hydrogens is 396 g/mol. The maximum atomic E-state index is 12.2. The average molecular weight is 420 g/mol. The van der Waals surface area contributed by atoms with Gasteiger partial charge in [-0.15, -0.1) is 0 Å². The molecule has 0 atom stereocenters. The predicted octanol–water partition coefficient (Wildman–Crippen LogP) is 2.95. The van der Waals surface area contributed by atoms with Crippen LogP contribution in [-0.4, -0.2) is 46.8 Å². The Labute approximate surface area is 179 Å². The fraction of sp³-hybridized carbons (Fsp3) is 0.348. The van der Waals surface area contributed by atoms with Crippen molar-refractivity contribution in [2.45, 2.75) is 25.3 Å². The Morgan fingerprint density at radius 3 is 2.61 bits per heavy atom. The summed E-state index contributed by atoms with van der Waals surface area (Å²) in [7, 11) is 1.67. The lowest BCUT2D eigenvalue weighted by Gasteiger charge is -2.32. The highest BCUT2D eigenvalue weighted by atomic mass is 16.7. The van der Waals surface area contributed by atoms with Gasteiger partial charge in [0, 0.05) is 48.1 Å². The molecule has 1 fully saturated rings. The van der Waals surface area contributed by atoms with E-state index >= 15 is 0 Å². The Morgan fingerprint density at radius 1 is 1.13 bits per heavy atom. The van der Waals surface area contributed by atoms with Gasteiger partial charge in [-0.2, -0.15) is 0 Å². The van der Waals surface area contributed by atoms with Crippen molar-refractivity contribution >= 4 is 0 Å². The molecule has 0 amide bonds. The number of aromatic amines is 1. The zero-order chi connectivity index (χ0) is 21.2. The van der Waals surface area contributed by atoms with E-state index < -0.39 is 0 Å². The second kappa shape index (κ2) is 8.39. The number of ether oxygens (including phenoxy) is 3. The third-order valence-corrected chi connectivity index (χ3v) is 5.89. The summed E-state index contributed by atoms with van der Waals surface area (Å²) in [5.74, 6) is 3.16. The number of fused-ring (bicyclic) bond motifs is 1. The number of methoxy groups -OCH3 is 1. The summed E-state index contributed by atoms with van der Waals surface area (Å²) in [5, 5.41) is 0. The Morgan fingerprint density at radius 2 is 1.87 bits per heavy atom. The van der Waals surface area contributed by atoms with Gasteiger partial charge in [0.25, 0.3) is 5.56 Å². The van der Waals surface area contributed by atoms with Gasteiger partial charge in [0.2, 0.25) is 6.79 Å². The van der Waals surface area contributed by atoms with Crippen molar-refractivity contribution in [2.24, 2.45) is 0 Å². The van der Waals surface area contributed by atoms with E-state index in [-0.39, 0.29) is 18.3 Å². The molecule has 2 aliphatic heterocycles. The molecule has 0 spiro atoms. The highest BCUT2D eigenvalue weighted by Gasteiger charge is 2.25. The number of rotatable bonds is 5. The number of benzene rings is 1. The highest BCUT2D eigenvalue weighted by molar-refractivity contribution is 5.53. The topological polar surface area (TPSA) is 89.6 Å². The van der Waals surface area contributed by atoms with Gasteiger partial charge in [0.15, 0.2) is 11.5 Å². The molecule has 1 N–H and O–H groups in total. The van der Waals surface area contributed by atoms with E-state index in [2.05, 4.69) is 14.9 Å². The minimum absolute atomic E-state index is 0.121. The molecule has 0 bridgehead atoms. The molecule has 1 aromatic carbocycles. The molecule has 0 unspecified atom stereocenters. The van der Waals surface area contributed by atoms with Crippen molar-refractivity contribution in [3.8, 4) is 28.6 Å². The first-order valence-corrected chi connectivity index (χ1v) is 10.4. The van der Waals surface area contributed by atoms with Crippen molar-refractivity contribution in [3.63, 3.8) is 0 Å². The largest absolute Gasteiger partial charge is 0.496 e. The van der Waals surface area contributed by atoms with Crippen LogP contribution in [0.5, 0.6) is 17.2 Å². The van der Waals surface area contributed by atoms with Gasteiger partial charge in [0.1, 0.15) is 11.6 Å². The number of nitrogens with one attached hydrogen (secondary N) is 1. The van der Waals surface area contributed by atoms with E-state index in [1.54, 1.807) is 25.6 Å². The monoisotopic (exact) mass is 420 g/mol. The first kappa shape index (κ1) is 19.6. The van der Waals surface area contributed by atoms with Crippen LogP contribution < -0.4 is 19.8 Å². The number of H-pyrrole nitrogens is 1. The number of aromatic nitrogens is 3. The molecule has 8 heteroatoms. The second-order valence-corrected chi connectivity index (χ2v) is 7.82. The third kappa shape index (κ3) is 4.11. The lowest BCUT2D eigenvalue weighted by Crippen LogP contribution is -2.33. The van der Waals surface area contributed by atoms with Crippen LogP contribution >= 0.6 is 0 Å². The summed E-state index contributed by atoms with van der Waals surface area (Å²) in [6, 6.07) is 9.23. The van der Waals surface area contributed by atoms with E-state index in [1.165, 1.54) is 0 Å². The fourth-order valence-corrected chi connectivity index (χ4v) is 4.24. The van der Waals surface area contributed by atoms with Crippen LogP contribution in [0.4, 0.5) is 0 Å². The molecule has 5 rings (SSSR count). The molecule has 0 radical (unpaired) electrons. The molecule has 31 heavy (non-hydrogen) atoms. The summed E-state index contributed by atoms with van der Waals surface area (Å²) in [6.07, 6.45) is 5.29. The van der Waals surface area contributed by atoms with Gasteiger partial charge < -0.3 is 19.2 Å². The lowest BCUT2D eigenvalue weighted by atomic mass is 9.93. The Balaban J connectivity index is 1.28. The minimum atomic E-state index is -0.121. The number of hydrogen-bond acceptors (Lipinski definition) is 7. The van der Waals surface area contributed by atoms with E-state index in [9.17, 15) is 4.79 Å².